The van der Waals surface area contributed by atoms with E-state index in [-0.39, 0.29) is 5.91 Å². The molecule has 0 spiro atoms. The van der Waals surface area contributed by atoms with E-state index in [0.29, 0.717) is 18.0 Å². The van der Waals surface area contributed by atoms with Gasteiger partial charge in [0, 0.05) is 18.7 Å². The van der Waals surface area contributed by atoms with Crippen molar-refractivity contribution in [2.75, 3.05) is 13.1 Å². The molecule has 1 fully saturated rings. The Balaban J connectivity index is 2.34. The number of thioether (sulfide) groups is 1. The van der Waals surface area contributed by atoms with Crippen LogP contribution in [0.2, 0.25) is 0 Å². The lowest BCUT2D eigenvalue weighted by atomic mass is 10.2. The summed E-state index contributed by atoms with van der Waals surface area (Å²) in [5.74, 6) is 1.72. The van der Waals surface area contributed by atoms with Gasteiger partial charge in [0.05, 0.1) is 4.91 Å². The molecule has 0 saturated carbocycles. The highest BCUT2D eigenvalue weighted by Gasteiger charge is 2.32. The van der Waals surface area contributed by atoms with Gasteiger partial charge in [-0.2, -0.15) is 0 Å². The average Bonchev–Trinajstić information content (AvgIpc) is 2.82. The molecule has 1 aromatic heterocycles. The summed E-state index contributed by atoms with van der Waals surface area (Å²) in [6.45, 7) is 9.06. The molecule has 4 nitrogen and oxygen atoms in total. The first-order valence-electron chi connectivity index (χ1n) is 6.39. The maximum Gasteiger partial charge on any atom is 0.266 e. The van der Waals surface area contributed by atoms with Crippen molar-refractivity contribution in [3.63, 3.8) is 0 Å². The summed E-state index contributed by atoms with van der Waals surface area (Å²) in [5.41, 5.74) is 0.960. The third kappa shape index (κ3) is 2.76. The van der Waals surface area contributed by atoms with Crippen LogP contribution in [0, 0.1) is 13.8 Å². The molecule has 0 aromatic carbocycles. The smallest absolute Gasteiger partial charge is 0.266 e. The minimum absolute atomic E-state index is 0.0259. The first-order chi connectivity index (χ1) is 9.06. The molecule has 0 N–H and O–H groups in total. The Kier molecular flexibility index (Phi) is 4.14. The molecule has 2 rings (SSSR count). The van der Waals surface area contributed by atoms with Crippen LogP contribution in [0.4, 0.5) is 0 Å². The third-order valence-electron chi connectivity index (χ3n) is 2.86. The SMILES string of the molecule is CCN=C1S/C(=C\c2cc(C)oc2C)C(=O)N1CC. The number of rotatable bonds is 3. The number of amidine groups is 1. The van der Waals surface area contributed by atoms with Crippen LogP contribution in [0.1, 0.15) is 30.9 Å². The lowest BCUT2D eigenvalue weighted by molar-refractivity contribution is -0.122. The molecule has 1 saturated heterocycles. The first kappa shape index (κ1) is 13.9. The molecular weight excluding hydrogens is 260 g/mol. The summed E-state index contributed by atoms with van der Waals surface area (Å²) in [6.07, 6.45) is 1.89. The molecule has 0 atom stereocenters. The van der Waals surface area contributed by atoms with E-state index in [0.717, 1.165) is 22.3 Å². The summed E-state index contributed by atoms with van der Waals surface area (Å²) in [4.78, 5) is 19.1. The number of hydrogen-bond acceptors (Lipinski definition) is 4. The van der Waals surface area contributed by atoms with Crippen LogP contribution in [0.25, 0.3) is 6.08 Å². The normalized spacial score (nSPS) is 20.0. The van der Waals surface area contributed by atoms with Crippen molar-refractivity contribution in [1.82, 2.24) is 4.90 Å². The Hall–Kier alpha value is -1.49. The van der Waals surface area contributed by atoms with Crippen LogP contribution in [0.5, 0.6) is 0 Å². The van der Waals surface area contributed by atoms with Crippen molar-refractivity contribution in [3.05, 3.63) is 28.1 Å². The van der Waals surface area contributed by atoms with E-state index in [1.54, 1.807) is 4.90 Å². The molecule has 102 valence electrons. The topological polar surface area (TPSA) is 45.8 Å². The number of aryl methyl sites for hydroxylation is 2. The van der Waals surface area contributed by atoms with Gasteiger partial charge in [-0.15, -0.1) is 0 Å². The highest BCUT2D eigenvalue weighted by Crippen LogP contribution is 2.33. The van der Waals surface area contributed by atoms with Crippen LogP contribution in [0.15, 0.2) is 20.4 Å². The van der Waals surface area contributed by atoms with Gasteiger partial charge in [-0.1, -0.05) is 0 Å². The zero-order chi connectivity index (χ0) is 14.0. The minimum Gasteiger partial charge on any atom is -0.466 e. The average molecular weight is 278 g/mol. The minimum atomic E-state index is 0.0259. The molecule has 0 unspecified atom stereocenters. The number of furan rings is 1. The van der Waals surface area contributed by atoms with Gasteiger partial charge in [-0.05, 0) is 51.6 Å². The van der Waals surface area contributed by atoms with E-state index in [1.165, 1.54) is 11.8 Å². The Morgan fingerprint density at radius 3 is 2.68 bits per heavy atom. The Morgan fingerprint density at radius 1 is 1.42 bits per heavy atom. The standard InChI is InChI=1S/C14H18N2O2S/c1-5-15-14-16(6-2)13(17)12(19-14)8-11-7-9(3)18-10(11)4/h7-8H,5-6H2,1-4H3/b12-8-,15-14?. The molecule has 0 radical (unpaired) electrons. The monoisotopic (exact) mass is 278 g/mol. The first-order valence-corrected chi connectivity index (χ1v) is 7.21. The Bertz CT molecular complexity index is 558. The van der Waals surface area contributed by atoms with E-state index in [4.69, 9.17) is 4.42 Å². The van der Waals surface area contributed by atoms with Crippen molar-refractivity contribution < 1.29 is 9.21 Å². The second-order valence-corrected chi connectivity index (χ2v) is 5.29. The molecule has 19 heavy (non-hydrogen) atoms. The molecule has 5 heteroatoms. The quantitative estimate of drug-likeness (QED) is 0.798. The van der Waals surface area contributed by atoms with Crippen LogP contribution < -0.4 is 0 Å². The fourth-order valence-corrected chi connectivity index (χ4v) is 3.07. The lowest BCUT2D eigenvalue weighted by Crippen LogP contribution is -2.28. The highest BCUT2D eigenvalue weighted by atomic mass is 32.2. The number of nitrogens with zero attached hydrogens (tertiary/aromatic N) is 2. The molecule has 0 bridgehead atoms. The van der Waals surface area contributed by atoms with Gasteiger partial charge < -0.3 is 4.42 Å². The predicted octanol–water partition coefficient (Wildman–Crippen LogP) is 3.21. The van der Waals surface area contributed by atoms with Gasteiger partial charge in [0.25, 0.3) is 5.91 Å². The van der Waals surface area contributed by atoms with Crippen molar-refractivity contribution in [2.24, 2.45) is 4.99 Å². The molecule has 0 aliphatic carbocycles. The Labute approximate surface area is 117 Å². The van der Waals surface area contributed by atoms with Gasteiger partial charge in [-0.3, -0.25) is 14.7 Å². The second-order valence-electron chi connectivity index (χ2n) is 4.29. The molecule has 2 heterocycles. The summed E-state index contributed by atoms with van der Waals surface area (Å²) in [5, 5.41) is 0.791. The zero-order valence-corrected chi connectivity index (χ0v) is 12.5. The third-order valence-corrected chi connectivity index (χ3v) is 3.91. The molecule has 1 amide bonds. The molecular formula is C14H18N2O2S. The highest BCUT2D eigenvalue weighted by molar-refractivity contribution is 8.18. The lowest BCUT2D eigenvalue weighted by Gasteiger charge is -2.11. The van der Waals surface area contributed by atoms with Gasteiger partial charge in [0.2, 0.25) is 0 Å². The summed E-state index contributed by atoms with van der Waals surface area (Å²) in [7, 11) is 0. The number of aliphatic imine (C=N–C) groups is 1. The van der Waals surface area contributed by atoms with Gasteiger partial charge in [0.1, 0.15) is 11.5 Å². The number of amides is 1. The van der Waals surface area contributed by atoms with E-state index in [9.17, 15) is 4.79 Å². The van der Waals surface area contributed by atoms with Crippen LogP contribution in [-0.4, -0.2) is 29.1 Å². The van der Waals surface area contributed by atoms with Crippen molar-refractivity contribution >= 4 is 28.9 Å². The number of hydrogen-bond donors (Lipinski definition) is 0. The molecule has 1 aliphatic rings. The van der Waals surface area contributed by atoms with E-state index >= 15 is 0 Å². The number of carbonyl (C=O) groups is 1. The number of likely N-dealkylation sites (N-methyl/N-ethyl adjacent to an activating group) is 1. The second kappa shape index (κ2) is 5.65. The largest absolute Gasteiger partial charge is 0.466 e. The van der Waals surface area contributed by atoms with Gasteiger partial charge >= 0.3 is 0 Å². The predicted molar refractivity (Wildman–Crippen MR) is 79.1 cm³/mol. The zero-order valence-electron chi connectivity index (χ0n) is 11.7. The maximum atomic E-state index is 12.3. The van der Waals surface area contributed by atoms with Crippen molar-refractivity contribution in [1.29, 1.82) is 0 Å². The van der Waals surface area contributed by atoms with Gasteiger partial charge in [-0.25, -0.2) is 0 Å². The van der Waals surface area contributed by atoms with E-state index < -0.39 is 0 Å². The maximum absolute atomic E-state index is 12.3. The van der Waals surface area contributed by atoms with Crippen LogP contribution in [-0.2, 0) is 4.79 Å². The van der Waals surface area contributed by atoms with Crippen molar-refractivity contribution in [3.8, 4) is 0 Å². The fourth-order valence-electron chi connectivity index (χ4n) is 1.97. The van der Waals surface area contributed by atoms with E-state index in [2.05, 4.69) is 4.99 Å². The van der Waals surface area contributed by atoms with Crippen LogP contribution >= 0.6 is 11.8 Å². The summed E-state index contributed by atoms with van der Waals surface area (Å²) in [6, 6.07) is 1.95. The number of carbonyl (C=O) groups excluding carboxylic acids is 1. The summed E-state index contributed by atoms with van der Waals surface area (Å²) < 4.78 is 5.48. The van der Waals surface area contributed by atoms with Crippen LogP contribution in [0.3, 0.4) is 0 Å². The fraction of sp³-hybridized carbons (Fsp3) is 0.429. The molecule has 1 aromatic rings. The van der Waals surface area contributed by atoms with Crippen molar-refractivity contribution in [2.45, 2.75) is 27.7 Å². The van der Waals surface area contributed by atoms with E-state index in [1.807, 2.05) is 39.8 Å². The molecule has 1 aliphatic heterocycles. The summed E-state index contributed by atoms with van der Waals surface area (Å²) >= 11 is 1.43. The van der Waals surface area contributed by atoms with Gasteiger partial charge in [0.15, 0.2) is 5.17 Å². The Morgan fingerprint density at radius 2 is 2.16 bits per heavy atom.